The Hall–Kier alpha value is -4.25. The van der Waals surface area contributed by atoms with Gasteiger partial charge in [-0.15, -0.1) is 5.10 Å². The van der Waals surface area contributed by atoms with Crippen LogP contribution in [0.5, 0.6) is 11.5 Å². The summed E-state index contributed by atoms with van der Waals surface area (Å²) in [6, 6.07) is 11.6. The molecule has 11 heteroatoms. The molecule has 2 aromatic carbocycles. The van der Waals surface area contributed by atoms with Gasteiger partial charge in [-0.2, -0.15) is 0 Å². The van der Waals surface area contributed by atoms with Gasteiger partial charge in [-0.1, -0.05) is 24.6 Å². The number of ether oxygens (including phenoxy) is 3. The first-order chi connectivity index (χ1) is 18.9. The third kappa shape index (κ3) is 5.63. The molecule has 3 heterocycles. The molecule has 0 fully saturated rings. The van der Waals surface area contributed by atoms with E-state index in [1.807, 2.05) is 45.0 Å². The molecule has 1 aliphatic rings. The normalized spacial score (nSPS) is 13.3. The number of hydrogen-bond donors (Lipinski definition) is 1. The fourth-order valence-corrected chi connectivity index (χ4v) is 5.11. The lowest BCUT2D eigenvalue weighted by Gasteiger charge is -2.30. The van der Waals surface area contributed by atoms with Gasteiger partial charge < -0.3 is 19.2 Å². The number of aromatic amines is 1. The van der Waals surface area contributed by atoms with Crippen LogP contribution >= 0.6 is 0 Å². The summed E-state index contributed by atoms with van der Waals surface area (Å²) in [7, 11) is 0. The molecule has 0 radical (unpaired) electrons. The maximum atomic E-state index is 13.3. The summed E-state index contributed by atoms with van der Waals surface area (Å²) in [4.78, 5) is 30.7. The van der Waals surface area contributed by atoms with Gasteiger partial charge in [0.1, 0.15) is 6.54 Å². The Morgan fingerprint density at radius 2 is 1.95 bits per heavy atom. The molecule has 1 atom stereocenters. The Morgan fingerprint density at radius 3 is 2.74 bits per heavy atom. The minimum Gasteiger partial charge on any atom is -0.465 e. The van der Waals surface area contributed by atoms with E-state index < -0.39 is 5.97 Å². The average molecular weight is 533 g/mol. The zero-order valence-electron chi connectivity index (χ0n) is 22.6. The number of aryl methyl sites for hydroxylation is 2. The first kappa shape index (κ1) is 26.4. The van der Waals surface area contributed by atoms with Crippen molar-refractivity contribution in [2.45, 2.75) is 59.8 Å². The lowest BCUT2D eigenvalue weighted by atomic mass is 10.0. The lowest BCUT2D eigenvalue weighted by molar-refractivity contribution is -0.144. The van der Waals surface area contributed by atoms with Crippen LogP contribution in [0.15, 0.2) is 41.2 Å². The Balaban J connectivity index is 1.53. The number of nitrogens with one attached hydrogen (secondary N) is 1. The number of carbonyl (C=O) groups excluding carboxylic acids is 1. The molecule has 0 saturated carbocycles. The van der Waals surface area contributed by atoms with Gasteiger partial charge in [0.25, 0.3) is 5.56 Å². The Kier molecular flexibility index (Phi) is 7.60. The Morgan fingerprint density at radius 1 is 1.13 bits per heavy atom. The standard InChI is InChI=1S/C28H32N6O5/c1-5-22(27-30-31-32-34(27)15-25(35)37-6-2)33(13-19-7-8-23-24(11-19)39-16-38-23)14-21-12-20-10-17(3)9-18(4)26(20)29-28(21)36/h7-12,22H,5-6,13-16H2,1-4H3,(H,29,36). The van der Waals surface area contributed by atoms with Gasteiger partial charge in [0.15, 0.2) is 17.3 Å². The first-order valence-corrected chi connectivity index (χ1v) is 13.0. The van der Waals surface area contributed by atoms with Crippen molar-refractivity contribution in [2.75, 3.05) is 13.4 Å². The van der Waals surface area contributed by atoms with Crippen LogP contribution in [0.2, 0.25) is 0 Å². The molecule has 5 rings (SSSR count). The molecule has 0 amide bonds. The number of H-pyrrole nitrogens is 1. The smallest absolute Gasteiger partial charge is 0.327 e. The number of aromatic nitrogens is 5. The molecule has 1 N–H and O–H groups in total. The van der Waals surface area contributed by atoms with Crippen LogP contribution < -0.4 is 15.0 Å². The van der Waals surface area contributed by atoms with E-state index >= 15 is 0 Å². The van der Waals surface area contributed by atoms with Crippen LogP contribution in [0.4, 0.5) is 0 Å². The summed E-state index contributed by atoms with van der Waals surface area (Å²) in [6.45, 7) is 8.99. The predicted molar refractivity (Wildman–Crippen MR) is 143 cm³/mol. The van der Waals surface area contributed by atoms with E-state index in [0.717, 1.165) is 27.6 Å². The van der Waals surface area contributed by atoms with E-state index in [4.69, 9.17) is 14.2 Å². The van der Waals surface area contributed by atoms with Crippen molar-refractivity contribution in [3.63, 3.8) is 0 Å². The first-order valence-electron chi connectivity index (χ1n) is 13.0. The van der Waals surface area contributed by atoms with Gasteiger partial charge in [-0.05, 0) is 78.4 Å². The fraction of sp³-hybridized carbons (Fsp3) is 0.393. The second kappa shape index (κ2) is 11.2. The van der Waals surface area contributed by atoms with Crippen LogP contribution in [0.25, 0.3) is 10.9 Å². The minimum atomic E-state index is -0.417. The van der Waals surface area contributed by atoms with Crippen LogP contribution in [0.3, 0.4) is 0 Å². The molecule has 1 aliphatic heterocycles. The Bertz CT molecular complexity index is 1560. The highest BCUT2D eigenvalue weighted by atomic mass is 16.7. The van der Waals surface area contributed by atoms with Crippen LogP contribution in [-0.4, -0.2) is 49.5 Å². The third-order valence-corrected chi connectivity index (χ3v) is 6.84. The largest absolute Gasteiger partial charge is 0.465 e. The van der Waals surface area contributed by atoms with Crippen molar-refractivity contribution in [1.82, 2.24) is 30.1 Å². The molecule has 0 spiro atoms. The summed E-state index contributed by atoms with van der Waals surface area (Å²) in [5, 5.41) is 13.2. The number of carbonyl (C=O) groups is 1. The molecule has 0 saturated heterocycles. The molecule has 2 aromatic heterocycles. The number of rotatable bonds is 10. The number of esters is 1. The number of hydrogen-bond acceptors (Lipinski definition) is 9. The fourth-order valence-electron chi connectivity index (χ4n) is 5.11. The predicted octanol–water partition coefficient (Wildman–Crippen LogP) is 3.58. The quantitative estimate of drug-likeness (QED) is 0.305. The molecule has 204 valence electrons. The van der Waals surface area contributed by atoms with Crippen molar-refractivity contribution in [1.29, 1.82) is 0 Å². The monoisotopic (exact) mass is 532 g/mol. The van der Waals surface area contributed by atoms with E-state index in [1.54, 1.807) is 6.92 Å². The van der Waals surface area contributed by atoms with Crippen molar-refractivity contribution in [2.24, 2.45) is 0 Å². The zero-order chi connectivity index (χ0) is 27.5. The van der Waals surface area contributed by atoms with Gasteiger partial charge >= 0.3 is 5.97 Å². The maximum absolute atomic E-state index is 13.3. The molecule has 4 aromatic rings. The molecule has 11 nitrogen and oxygen atoms in total. The maximum Gasteiger partial charge on any atom is 0.327 e. The molecular weight excluding hydrogens is 500 g/mol. The molecule has 39 heavy (non-hydrogen) atoms. The topological polar surface area (TPSA) is 124 Å². The lowest BCUT2D eigenvalue weighted by Crippen LogP contribution is -2.33. The van der Waals surface area contributed by atoms with Gasteiger partial charge in [0.2, 0.25) is 6.79 Å². The van der Waals surface area contributed by atoms with E-state index in [-0.39, 0.29) is 31.5 Å². The van der Waals surface area contributed by atoms with E-state index in [0.29, 0.717) is 42.4 Å². The van der Waals surface area contributed by atoms with E-state index in [2.05, 4.69) is 37.5 Å². The summed E-state index contributed by atoms with van der Waals surface area (Å²) in [5.74, 6) is 1.49. The summed E-state index contributed by atoms with van der Waals surface area (Å²) in [6.07, 6.45) is 0.636. The van der Waals surface area contributed by atoms with Crippen molar-refractivity contribution >= 4 is 16.9 Å². The highest BCUT2D eigenvalue weighted by Crippen LogP contribution is 2.34. The zero-order valence-corrected chi connectivity index (χ0v) is 22.6. The van der Waals surface area contributed by atoms with Gasteiger partial charge in [-0.25, -0.2) is 4.68 Å². The number of pyridine rings is 1. The van der Waals surface area contributed by atoms with Crippen molar-refractivity contribution < 1.29 is 19.0 Å². The number of fused-ring (bicyclic) bond motifs is 2. The van der Waals surface area contributed by atoms with Crippen molar-refractivity contribution in [3.05, 3.63) is 74.8 Å². The van der Waals surface area contributed by atoms with Crippen molar-refractivity contribution in [3.8, 4) is 11.5 Å². The average Bonchev–Trinajstić information content (AvgIpc) is 3.55. The summed E-state index contributed by atoms with van der Waals surface area (Å²) in [5.41, 5.74) is 4.44. The van der Waals surface area contributed by atoms with Gasteiger partial charge in [-0.3, -0.25) is 14.5 Å². The van der Waals surface area contributed by atoms with Crippen LogP contribution in [0.1, 0.15) is 54.4 Å². The summed E-state index contributed by atoms with van der Waals surface area (Å²) >= 11 is 0. The second-order valence-electron chi connectivity index (χ2n) is 9.69. The SMILES string of the molecule is CCOC(=O)Cn1nnnc1C(CC)N(Cc1ccc2c(c1)OCO2)Cc1cc2cc(C)cc(C)c2[nH]c1=O. The Labute approximate surface area is 225 Å². The minimum absolute atomic E-state index is 0.0976. The molecular formula is C28H32N6O5. The van der Waals surface area contributed by atoms with Gasteiger partial charge in [0, 0.05) is 18.7 Å². The molecule has 0 aliphatic carbocycles. The van der Waals surface area contributed by atoms with Gasteiger partial charge in [0.05, 0.1) is 18.2 Å². The third-order valence-electron chi connectivity index (χ3n) is 6.84. The highest BCUT2D eigenvalue weighted by molar-refractivity contribution is 5.82. The number of tetrazole rings is 1. The second-order valence-corrected chi connectivity index (χ2v) is 9.69. The van der Waals surface area contributed by atoms with E-state index in [1.165, 1.54) is 4.68 Å². The van der Waals surface area contributed by atoms with E-state index in [9.17, 15) is 9.59 Å². The summed E-state index contributed by atoms with van der Waals surface area (Å²) < 4.78 is 17.6. The molecule has 0 bridgehead atoms. The highest BCUT2D eigenvalue weighted by Gasteiger charge is 2.27. The van der Waals surface area contributed by atoms with Crippen LogP contribution in [-0.2, 0) is 29.2 Å². The number of benzene rings is 2. The number of nitrogens with zero attached hydrogens (tertiary/aromatic N) is 5. The molecule has 1 unspecified atom stereocenters. The van der Waals surface area contributed by atoms with Crippen LogP contribution in [0, 0.1) is 13.8 Å².